The predicted molar refractivity (Wildman–Crippen MR) is 69.6 cm³/mol. The average Bonchev–Trinajstić information content (AvgIpc) is 2.37. The number of nitrogens with two attached hydrogens (primary N) is 2. The summed E-state index contributed by atoms with van der Waals surface area (Å²) >= 11 is 0. The van der Waals surface area contributed by atoms with Crippen LogP contribution in [0.5, 0.6) is 0 Å². The second kappa shape index (κ2) is 5.13. The summed E-state index contributed by atoms with van der Waals surface area (Å²) in [4.78, 5) is 19.1. The van der Waals surface area contributed by atoms with Crippen molar-refractivity contribution in [1.82, 2.24) is 9.97 Å². The van der Waals surface area contributed by atoms with Gasteiger partial charge in [0.05, 0.1) is 6.54 Å². The first-order chi connectivity index (χ1) is 8.65. The number of anilines is 2. The highest BCUT2D eigenvalue weighted by molar-refractivity contribution is 5.78. The Morgan fingerprint density at radius 2 is 1.94 bits per heavy atom. The lowest BCUT2D eigenvalue weighted by Gasteiger charge is -2.06. The van der Waals surface area contributed by atoms with Gasteiger partial charge in [-0.25, -0.2) is 9.97 Å². The van der Waals surface area contributed by atoms with Crippen molar-refractivity contribution in [2.75, 3.05) is 17.6 Å². The van der Waals surface area contributed by atoms with Crippen molar-refractivity contribution >= 4 is 17.5 Å². The molecule has 0 aliphatic carbocycles. The molecule has 2 rings (SSSR count). The van der Waals surface area contributed by atoms with Crippen LogP contribution >= 0.6 is 0 Å². The average molecular weight is 243 g/mol. The standard InChI is InChI=1S/C12H13N5O/c13-9-6-11(15-7-10(14)18)17-12(16-9)8-4-2-1-3-5-8/h1-6H,7H2,(H2,14,18)(H3,13,15,16,17). The fourth-order valence-electron chi connectivity index (χ4n) is 1.45. The van der Waals surface area contributed by atoms with Crippen molar-refractivity contribution in [2.24, 2.45) is 5.73 Å². The minimum absolute atomic E-state index is 0.00465. The number of nitrogens with zero attached hydrogens (tertiary/aromatic N) is 2. The Morgan fingerprint density at radius 3 is 2.61 bits per heavy atom. The highest BCUT2D eigenvalue weighted by atomic mass is 16.1. The lowest BCUT2D eigenvalue weighted by molar-refractivity contribution is -0.116. The molecule has 0 spiro atoms. The van der Waals surface area contributed by atoms with Gasteiger partial charge in [0, 0.05) is 11.6 Å². The second-order valence-electron chi connectivity index (χ2n) is 3.69. The molecule has 0 aliphatic heterocycles. The number of rotatable bonds is 4. The molecule has 1 amide bonds. The van der Waals surface area contributed by atoms with Crippen molar-refractivity contribution in [3.05, 3.63) is 36.4 Å². The second-order valence-corrected chi connectivity index (χ2v) is 3.69. The molecule has 0 aliphatic rings. The van der Waals surface area contributed by atoms with E-state index in [1.54, 1.807) is 6.07 Å². The van der Waals surface area contributed by atoms with E-state index < -0.39 is 5.91 Å². The van der Waals surface area contributed by atoms with E-state index in [9.17, 15) is 4.79 Å². The summed E-state index contributed by atoms with van der Waals surface area (Å²) in [5, 5.41) is 2.79. The number of carbonyl (C=O) groups is 1. The van der Waals surface area contributed by atoms with Gasteiger partial charge in [-0.1, -0.05) is 30.3 Å². The molecule has 0 saturated carbocycles. The molecule has 6 heteroatoms. The van der Waals surface area contributed by atoms with E-state index in [1.807, 2.05) is 30.3 Å². The quantitative estimate of drug-likeness (QED) is 0.729. The van der Waals surface area contributed by atoms with Gasteiger partial charge in [0.25, 0.3) is 0 Å². The van der Waals surface area contributed by atoms with Crippen molar-refractivity contribution < 1.29 is 4.79 Å². The van der Waals surface area contributed by atoms with Crippen LogP contribution in [-0.2, 0) is 4.79 Å². The maximum absolute atomic E-state index is 10.7. The van der Waals surface area contributed by atoms with Crippen LogP contribution in [0.25, 0.3) is 11.4 Å². The zero-order chi connectivity index (χ0) is 13.0. The third-order valence-electron chi connectivity index (χ3n) is 2.22. The number of hydrogen-bond acceptors (Lipinski definition) is 5. The SMILES string of the molecule is NC(=O)CNc1cc(N)nc(-c2ccccc2)n1. The fraction of sp³-hybridized carbons (Fsp3) is 0.0833. The van der Waals surface area contributed by atoms with Gasteiger partial charge in [-0.2, -0.15) is 0 Å². The molecule has 0 atom stereocenters. The van der Waals surface area contributed by atoms with E-state index in [0.29, 0.717) is 17.5 Å². The van der Waals surface area contributed by atoms with E-state index >= 15 is 0 Å². The molecule has 5 N–H and O–H groups in total. The fourth-order valence-corrected chi connectivity index (χ4v) is 1.45. The smallest absolute Gasteiger partial charge is 0.236 e. The number of carbonyl (C=O) groups excluding carboxylic acids is 1. The molecule has 1 heterocycles. The van der Waals surface area contributed by atoms with Crippen molar-refractivity contribution in [1.29, 1.82) is 0 Å². The molecule has 0 saturated heterocycles. The van der Waals surface area contributed by atoms with Crippen LogP contribution in [-0.4, -0.2) is 22.4 Å². The van der Waals surface area contributed by atoms with Crippen LogP contribution in [0.2, 0.25) is 0 Å². The predicted octanol–water partition coefficient (Wildman–Crippen LogP) is 0.623. The zero-order valence-electron chi connectivity index (χ0n) is 9.63. The number of nitrogen functional groups attached to an aromatic ring is 1. The number of nitrogens with one attached hydrogen (secondary N) is 1. The zero-order valence-corrected chi connectivity index (χ0v) is 9.63. The highest BCUT2D eigenvalue weighted by Gasteiger charge is 2.05. The topological polar surface area (TPSA) is 107 Å². The molecule has 0 fully saturated rings. The van der Waals surface area contributed by atoms with E-state index in [0.717, 1.165) is 5.56 Å². The van der Waals surface area contributed by atoms with Gasteiger partial charge in [-0.3, -0.25) is 4.79 Å². The Labute approximate surface area is 104 Å². The van der Waals surface area contributed by atoms with Gasteiger partial charge < -0.3 is 16.8 Å². The molecule has 1 aromatic carbocycles. The Balaban J connectivity index is 2.29. The molecule has 1 aromatic heterocycles. The van der Waals surface area contributed by atoms with Crippen LogP contribution in [0.4, 0.5) is 11.6 Å². The number of amides is 1. The molecule has 6 nitrogen and oxygen atoms in total. The molecule has 18 heavy (non-hydrogen) atoms. The molecule has 2 aromatic rings. The Kier molecular flexibility index (Phi) is 3.38. The van der Waals surface area contributed by atoms with E-state index in [2.05, 4.69) is 15.3 Å². The number of hydrogen-bond donors (Lipinski definition) is 3. The van der Waals surface area contributed by atoms with Crippen LogP contribution in [0.15, 0.2) is 36.4 Å². The van der Waals surface area contributed by atoms with Crippen LogP contribution < -0.4 is 16.8 Å². The molecular weight excluding hydrogens is 230 g/mol. The summed E-state index contributed by atoms with van der Waals surface area (Å²) < 4.78 is 0. The van der Waals surface area contributed by atoms with Crippen molar-refractivity contribution in [2.45, 2.75) is 0 Å². The lowest BCUT2D eigenvalue weighted by atomic mass is 10.2. The number of benzene rings is 1. The first kappa shape index (κ1) is 11.8. The summed E-state index contributed by atoms with van der Waals surface area (Å²) in [6, 6.07) is 11.0. The first-order valence-electron chi connectivity index (χ1n) is 5.37. The van der Waals surface area contributed by atoms with Crippen LogP contribution in [0.3, 0.4) is 0 Å². The molecule has 0 bridgehead atoms. The van der Waals surface area contributed by atoms with Gasteiger partial charge >= 0.3 is 0 Å². The summed E-state index contributed by atoms with van der Waals surface area (Å²) in [6.45, 7) is 0.00465. The Morgan fingerprint density at radius 1 is 1.22 bits per heavy atom. The number of primary amides is 1. The van der Waals surface area contributed by atoms with Gasteiger partial charge in [0.2, 0.25) is 5.91 Å². The largest absolute Gasteiger partial charge is 0.384 e. The van der Waals surface area contributed by atoms with Crippen molar-refractivity contribution in [3.8, 4) is 11.4 Å². The van der Waals surface area contributed by atoms with Gasteiger partial charge in [-0.15, -0.1) is 0 Å². The third kappa shape index (κ3) is 2.94. The summed E-state index contributed by atoms with van der Waals surface area (Å²) in [7, 11) is 0. The maximum atomic E-state index is 10.7. The Hall–Kier alpha value is -2.63. The normalized spacial score (nSPS) is 10.0. The summed E-state index contributed by atoms with van der Waals surface area (Å²) in [5.74, 6) is 0.840. The van der Waals surface area contributed by atoms with Gasteiger partial charge in [0.1, 0.15) is 11.6 Å². The summed E-state index contributed by atoms with van der Waals surface area (Å²) in [6.07, 6.45) is 0. The molecule has 92 valence electrons. The highest BCUT2D eigenvalue weighted by Crippen LogP contribution is 2.18. The summed E-state index contributed by atoms with van der Waals surface area (Å²) in [5.41, 5.74) is 11.6. The molecular formula is C12H13N5O. The minimum Gasteiger partial charge on any atom is -0.384 e. The molecule has 0 unspecified atom stereocenters. The Bertz CT molecular complexity index is 556. The van der Waals surface area contributed by atoms with Gasteiger partial charge in [0.15, 0.2) is 5.82 Å². The maximum Gasteiger partial charge on any atom is 0.236 e. The van der Waals surface area contributed by atoms with Crippen LogP contribution in [0, 0.1) is 0 Å². The minimum atomic E-state index is -0.464. The van der Waals surface area contributed by atoms with E-state index in [1.165, 1.54) is 0 Å². The van der Waals surface area contributed by atoms with Gasteiger partial charge in [-0.05, 0) is 0 Å². The lowest BCUT2D eigenvalue weighted by Crippen LogP contribution is -2.22. The first-order valence-corrected chi connectivity index (χ1v) is 5.37. The van der Waals surface area contributed by atoms with E-state index in [4.69, 9.17) is 11.5 Å². The van der Waals surface area contributed by atoms with E-state index in [-0.39, 0.29) is 6.54 Å². The van der Waals surface area contributed by atoms with Crippen LogP contribution in [0.1, 0.15) is 0 Å². The van der Waals surface area contributed by atoms with Crippen molar-refractivity contribution in [3.63, 3.8) is 0 Å². The third-order valence-corrected chi connectivity index (χ3v) is 2.22. The number of aromatic nitrogens is 2. The monoisotopic (exact) mass is 243 g/mol. The molecule has 0 radical (unpaired) electrons.